The van der Waals surface area contributed by atoms with E-state index in [1.54, 1.807) is 23.1 Å². The van der Waals surface area contributed by atoms with E-state index in [9.17, 15) is 9.59 Å². The van der Waals surface area contributed by atoms with E-state index in [-0.39, 0.29) is 11.8 Å². The summed E-state index contributed by atoms with van der Waals surface area (Å²) in [5.74, 6) is 1.19. The number of nitrogens with one attached hydrogen (secondary N) is 1. The Labute approximate surface area is 132 Å². The normalized spacial score (nSPS) is 24.1. The van der Waals surface area contributed by atoms with E-state index in [4.69, 9.17) is 16.3 Å². The molecular weight excluding hydrogens is 312 g/mol. The molecule has 1 aromatic rings. The molecular formula is C14H15ClN2O3S. The van der Waals surface area contributed by atoms with Crippen LogP contribution >= 0.6 is 23.4 Å². The van der Waals surface area contributed by atoms with Gasteiger partial charge in [-0.05, 0) is 24.6 Å². The Morgan fingerprint density at radius 1 is 1.52 bits per heavy atom. The van der Waals surface area contributed by atoms with Gasteiger partial charge in [-0.2, -0.15) is 0 Å². The van der Waals surface area contributed by atoms with Gasteiger partial charge in [0.2, 0.25) is 5.91 Å². The molecule has 1 N–H and O–H groups in total. The highest BCUT2D eigenvalue weighted by atomic mass is 35.5. The predicted molar refractivity (Wildman–Crippen MR) is 82.8 cm³/mol. The molecule has 3 rings (SSSR count). The van der Waals surface area contributed by atoms with Gasteiger partial charge < -0.3 is 15.0 Å². The Morgan fingerprint density at radius 2 is 2.33 bits per heavy atom. The molecule has 21 heavy (non-hydrogen) atoms. The Kier molecular flexibility index (Phi) is 3.75. The molecule has 7 heteroatoms. The number of rotatable bonds is 3. The molecule has 0 bridgehead atoms. The van der Waals surface area contributed by atoms with Crippen molar-refractivity contribution in [2.45, 2.75) is 17.7 Å². The van der Waals surface area contributed by atoms with E-state index in [1.165, 1.54) is 18.9 Å². The zero-order chi connectivity index (χ0) is 15.0. The highest BCUT2D eigenvalue weighted by molar-refractivity contribution is 8.01. The van der Waals surface area contributed by atoms with Gasteiger partial charge in [0.1, 0.15) is 5.75 Å². The van der Waals surface area contributed by atoms with Gasteiger partial charge in [-0.3, -0.25) is 9.59 Å². The van der Waals surface area contributed by atoms with Crippen molar-refractivity contribution in [3.63, 3.8) is 0 Å². The van der Waals surface area contributed by atoms with Crippen LogP contribution in [0.4, 0.5) is 5.69 Å². The third-order valence-corrected chi connectivity index (χ3v) is 5.54. The minimum absolute atomic E-state index is 0.0493. The maximum atomic E-state index is 12.7. The summed E-state index contributed by atoms with van der Waals surface area (Å²) in [7, 11) is 1.53. The molecule has 1 aromatic carbocycles. The third-order valence-electron chi connectivity index (χ3n) is 3.84. The molecule has 2 fully saturated rings. The number of halogens is 1. The predicted octanol–water partition coefficient (Wildman–Crippen LogP) is 2.35. The van der Waals surface area contributed by atoms with Crippen LogP contribution in [0.15, 0.2) is 18.2 Å². The maximum Gasteiger partial charge on any atom is 0.261 e. The SMILES string of the molecule is COc1ccc(Cl)cc1NC(=O)C12CCC(=O)N1CCS2. The Bertz CT molecular complexity index is 610. The number of nitrogens with zero attached hydrogens (tertiary/aromatic N) is 1. The van der Waals surface area contributed by atoms with Gasteiger partial charge in [0.15, 0.2) is 4.87 Å². The molecule has 0 spiro atoms. The van der Waals surface area contributed by atoms with Crippen molar-refractivity contribution in [2.24, 2.45) is 0 Å². The van der Waals surface area contributed by atoms with E-state index in [0.29, 0.717) is 35.8 Å². The molecule has 5 nitrogen and oxygen atoms in total. The fourth-order valence-electron chi connectivity index (χ4n) is 2.81. The van der Waals surface area contributed by atoms with Gasteiger partial charge in [-0.25, -0.2) is 0 Å². The molecule has 2 amide bonds. The van der Waals surface area contributed by atoms with Crippen molar-refractivity contribution in [2.75, 3.05) is 24.7 Å². The first-order valence-electron chi connectivity index (χ1n) is 6.66. The van der Waals surface area contributed by atoms with Crippen LogP contribution in [-0.2, 0) is 9.59 Å². The topological polar surface area (TPSA) is 58.6 Å². The summed E-state index contributed by atoms with van der Waals surface area (Å²) < 4.78 is 5.23. The van der Waals surface area contributed by atoms with Crippen molar-refractivity contribution in [1.29, 1.82) is 0 Å². The Hall–Kier alpha value is -1.40. The van der Waals surface area contributed by atoms with E-state index in [1.807, 2.05) is 0 Å². The molecule has 112 valence electrons. The lowest BCUT2D eigenvalue weighted by Gasteiger charge is -2.29. The van der Waals surface area contributed by atoms with Gasteiger partial charge in [0.05, 0.1) is 12.8 Å². The second kappa shape index (κ2) is 5.42. The van der Waals surface area contributed by atoms with Crippen LogP contribution in [-0.4, -0.2) is 41.0 Å². The summed E-state index contributed by atoms with van der Waals surface area (Å²) in [6.07, 6.45) is 0.971. The number of amides is 2. The average molecular weight is 327 g/mol. The molecule has 0 aromatic heterocycles. The molecule has 2 heterocycles. The van der Waals surface area contributed by atoms with Crippen molar-refractivity contribution < 1.29 is 14.3 Å². The number of hydrogen-bond acceptors (Lipinski definition) is 4. The van der Waals surface area contributed by atoms with Crippen molar-refractivity contribution in [3.8, 4) is 5.75 Å². The van der Waals surface area contributed by atoms with E-state index in [2.05, 4.69) is 5.32 Å². The summed E-state index contributed by atoms with van der Waals surface area (Å²) in [6, 6.07) is 5.05. The number of hydrogen-bond donors (Lipinski definition) is 1. The minimum Gasteiger partial charge on any atom is -0.495 e. The van der Waals surface area contributed by atoms with Gasteiger partial charge in [0.25, 0.3) is 5.91 Å². The fourth-order valence-corrected chi connectivity index (χ4v) is 4.37. The summed E-state index contributed by atoms with van der Waals surface area (Å²) in [6.45, 7) is 0.629. The summed E-state index contributed by atoms with van der Waals surface area (Å²) >= 11 is 7.50. The van der Waals surface area contributed by atoms with Crippen LogP contribution in [0.25, 0.3) is 0 Å². The number of carbonyl (C=O) groups is 2. The summed E-state index contributed by atoms with van der Waals surface area (Å²) in [5.41, 5.74) is 0.524. The highest BCUT2D eigenvalue weighted by Crippen LogP contribution is 2.45. The number of fused-ring (bicyclic) bond motifs is 1. The third kappa shape index (κ3) is 2.36. The van der Waals surface area contributed by atoms with Gasteiger partial charge in [-0.1, -0.05) is 11.6 Å². The quantitative estimate of drug-likeness (QED) is 0.926. The smallest absolute Gasteiger partial charge is 0.261 e. The zero-order valence-electron chi connectivity index (χ0n) is 11.5. The summed E-state index contributed by atoms with van der Waals surface area (Å²) in [4.78, 5) is 25.5. The molecule has 1 atom stereocenters. The molecule has 0 aliphatic carbocycles. The second-order valence-corrected chi connectivity index (χ2v) is 6.79. The van der Waals surface area contributed by atoms with Crippen LogP contribution in [0.1, 0.15) is 12.8 Å². The number of carbonyl (C=O) groups excluding carboxylic acids is 2. The monoisotopic (exact) mass is 326 g/mol. The first kappa shape index (κ1) is 14.5. The van der Waals surface area contributed by atoms with Gasteiger partial charge in [-0.15, -0.1) is 11.8 Å². The lowest BCUT2D eigenvalue weighted by Crippen LogP contribution is -2.48. The van der Waals surface area contributed by atoms with Gasteiger partial charge >= 0.3 is 0 Å². The zero-order valence-corrected chi connectivity index (χ0v) is 13.1. The lowest BCUT2D eigenvalue weighted by atomic mass is 10.2. The van der Waals surface area contributed by atoms with Crippen LogP contribution in [0.5, 0.6) is 5.75 Å². The standard InChI is InChI=1S/C14H15ClN2O3S/c1-20-11-3-2-9(15)8-10(11)16-13(19)14-5-4-12(18)17(14)6-7-21-14/h2-3,8H,4-7H2,1H3,(H,16,19). The van der Waals surface area contributed by atoms with Gasteiger partial charge in [0, 0.05) is 23.7 Å². The first-order chi connectivity index (χ1) is 10.1. The van der Waals surface area contributed by atoms with Crippen LogP contribution in [0, 0.1) is 0 Å². The minimum atomic E-state index is -0.773. The number of benzene rings is 1. The first-order valence-corrected chi connectivity index (χ1v) is 8.02. The molecule has 2 saturated heterocycles. The molecule has 0 radical (unpaired) electrons. The maximum absolute atomic E-state index is 12.7. The molecule has 2 aliphatic rings. The van der Waals surface area contributed by atoms with Crippen LogP contribution in [0.3, 0.4) is 0 Å². The number of thioether (sulfide) groups is 1. The largest absolute Gasteiger partial charge is 0.495 e. The summed E-state index contributed by atoms with van der Waals surface area (Å²) in [5, 5.41) is 3.38. The van der Waals surface area contributed by atoms with Crippen LogP contribution < -0.4 is 10.1 Å². The average Bonchev–Trinajstić information content (AvgIpc) is 3.01. The second-order valence-electron chi connectivity index (χ2n) is 4.98. The lowest BCUT2D eigenvalue weighted by molar-refractivity contribution is -0.133. The van der Waals surface area contributed by atoms with Crippen molar-refractivity contribution in [1.82, 2.24) is 4.90 Å². The van der Waals surface area contributed by atoms with Crippen LogP contribution in [0.2, 0.25) is 5.02 Å². The Morgan fingerprint density at radius 3 is 3.10 bits per heavy atom. The number of ether oxygens (including phenoxy) is 1. The van der Waals surface area contributed by atoms with Crippen molar-refractivity contribution in [3.05, 3.63) is 23.2 Å². The Balaban J connectivity index is 1.87. The number of methoxy groups -OCH3 is 1. The molecule has 0 saturated carbocycles. The van der Waals surface area contributed by atoms with E-state index < -0.39 is 4.87 Å². The molecule has 2 aliphatic heterocycles. The highest BCUT2D eigenvalue weighted by Gasteiger charge is 2.54. The molecule has 1 unspecified atom stereocenters. The van der Waals surface area contributed by atoms with Crippen molar-refractivity contribution >= 4 is 40.9 Å². The van der Waals surface area contributed by atoms with E-state index in [0.717, 1.165) is 5.75 Å². The number of anilines is 1. The van der Waals surface area contributed by atoms with E-state index >= 15 is 0 Å². The fraction of sp³-hybridized carbons (Fsp3) is 0.429.